The van der Waals surface area contributed by atoms with Crippen molar-refractivity contribution in [3.63, 3.8) is 0 Å². The van der Waals surface area contributed by atoms with Crippen molar-refractivity contribution in [3.05, 3.63) is 62.4 Å². The van der Waals surface area contributed by atoms with Gasteiger partial charge in [-0.15, -0.1) is 0 Å². The second kappa shape index (κ2) is 6.69. The molecule has 0 spiro atoms. The summed E-state index contributed by atoms with van der Waals surface area (Å²) < 4.78 is 4.61. The molecule has 1 heterocycles. The van der Waals surface area contributed by atoms with Crippen LogP contribution in [-0.2, 0) is 0 Å². The van der Waals surface area contributed by atoms with Crippen LogP contribution in [0.5, 0.6) is 0 Å². The van der Waals surface area contributed by atoms with Gasteiger partial charge in [0.2, 0.25) is 0 Å². The molecule has 0 aliphatic rings. The summed E-state index contributed by atoms with van der Waals surface area (Å²) in [7, 11) is 0. The minimum absolute atomic E-state index is 1.10. The van der Waals surface area contributed by atoms with Crippen LogP contribution in [0.15, 0.2) is 62.4 Å². The third-order valence-corrected chi connectivity index (χ3v) is 15.9. The van der Waals surface area contributed by atoms with Crippen molar-refractivity contribution in [2.24, 2.45) is 0 Å². The molecule has 1 nitrogen and oxygen atoms in total. The van der Waals surface area contributed by atoms with E-state index in [0.717, 1.165) is 13.3 Å². The number of pyridine rings is 1. The summed E-state index contributed by atoms with van der Waals surface area (Å²) >= 11 is -2.46. The second-order valence-corrected chi connectivity index (χ2v) is 16.2. The van der Waals surface area contributed by atoms with Gasteiger partial charge in [-0.25, -0.2) is 0 Å². The molecule has 2 heteroatoms. The molecule has 1 rings (SSSR count). The maximum absolute atomic E-state index is 4.56. The van der Waals surface area contributed by atoms with Gasteiger partial charge in [0.15, 0.2) is 0 Å². The molecule has 0 atom stereocenters. The molecule has 0 saturated heterocycles. The maximum atomic E-state index is 4.56. The van der Waals surface area contributed by atoms with Crippen LogP contribution in [-0.4, -0.2) is 23.4 Å². The van der Waals surface area contributed by atoms with Crippen LogP contribution in [0.3, 0.4) is 0 Å². The van der Waals surface area contributed by atoms with Gasteiger partial charge in [-0.05, 0) is 0 Å². The molecule has 0 aliphatic heterocycles. The van der Waals surface area contributed by atoms with Crippen molar-refractivity contribution < 1.29 is 0 Å². The summed E-state index contributed by atoms with van der Waals surface area (Å²) in [5.74, 6) is 0. The summed E-state index contributed by atoms with van der Waals surface area (Å²) in [4.78, 5) is 4.56. The molecule has 0 fully saturated rings. The van der Waals surface area contributed by atoms with Crippen molar-refractivity contribution >= 4 is 22.1 Å². The SMILES string of the molecule is C=C[CH2][Sn]([CH2]C=C)([CH2]C=C)[c]1ccccn1. The molecule has 0 aromatic carbocycles. The zero-order chi connectivity index (χ0) is 11.9. The third kappa shape index (κ3) is 3.08. The van der Waals surface area contributed by atoms with Gasteiger partial charge in [-0.1, -0.05) is 0 Å². The predicted octanol–water partition coefficient (Wildman–Crippen LogP) is 3.30. The zero-order valence-electron chi connectivity index (χ0n) is 9.73. The summed E-state index contributed by atoms with van der Waals surface area (Å²) in [5, 5.41) is 0. The Hall–Kier alpha value is -0.831. The topological polar surface area (TPSA) is 12.9 Å². The normalized spacial score (nSPS) is 10.8. The third-order valence-electron chi connectivity index (χ3n) is 2.81. The zero-order valence-corrected chi connectivity index (χ0v) is 12.6. The molecule has 0 amide bonds. The van der Waals surface area contributed by atoms with Crippen LogP contribution in [0.25, 0.3) is 0 Å². The van der Waals surface area contributed by atoms with E-state index in [1.807, 2.05) is 30.5 Å². The molecule has 0 unspecified atom stereocenters. The van der Waals surface area contributed by atoms with Gasteiger partial charge in [0.05, 0.1) is 0 Å². The van der Waals surface area contributed by atoms with E-state index in [9.17, 15) is 0 Å². The Labute approximate surface area is 102 Å². The predicted molar refractivity (Wildman–Crippen MR) is 74.6 cm³/mol. The van der Waals surface area contributed by atoms with E-state index < -0.39 is 18.4 Å². The average Bonchev–Trinajstić information content (AvgIpc) is 2.31. The number of allylic oxidation sites excluding steroid dienone is 3. The van der Waals surface area contributed by atoms with Crippen LogP contribution in [0.1, 0.15) is 0 Å². The van der Waals surface area contributed by atoms with Crippen molar-refractivity contribution in [1.82, 2.24) is 4.98 Å². The number of aromatic nitrogens is 1. The Morgan fingerprint density at radius 2 is 1.56 bits per heavy atom. The van der Waals surface area contributed by atoms with Crippen molar-refractivity contribution in [2.75, 3.05) is 0 Å². The van der Waals surface area contributed by atoms with Crippen LogP contribution in [0.2, 0.25) is 13.3 Å². The number of hydrogen-bond acceptors (Lipinski definition) is 1. The van der Waals surface area contributed by atoms with Crippen molar-refractivity contribution in [1.29, 1.82) is 0 Å². The molecular formula is C14H19NSn. The summed E-state index contributed by atoms with van der Waals surface area (Å²) in [5.41, 5.74) is 0. The van der Waals surface area contributed by atoms with Gasteiger partial charge in [-0.2, -0.15) is 0 Å². The van der Waals surface area contributed by atoms with Crippen LogP contribution < -0.4 is 3.71 Å². The van der Waals surface area contributed by atoms with Gasteiger partial charge in [0, 0.05) is 0 Å². The van der Waals surface area contributed by atoms with E-state index in [-0.39, 0.29) is 0 Å². The van der Waals surface area contributed by atoms with E-state index in [1.165, 1.54) is 3.71 Å². The first-order valence-electron chi connectivity index (χ1n) is 5.53. The minimum atomic E-state index is -2.46. The average molecular weight is 320 g/mol. The molecule has 0 bridgehead atoms. The van der Waals surface area contributed by atoms with Gasteiger partial charge in [0.25, 0.3) is 0 Å². The van der Waals surface area contributed by atoms with E-state index in [4.69, 9.17) is 0 Å². The van der Waals surface area contributed by atoms with E-state index in [0.29, 0.717) is 0 Å². The van der Waals surface area contributed by atoms with Crippen LogP contribution in [0.4, 0.5) is 0 Å². The fourth-order valence-corrected chi connectivity index (χ4v) is 12.3. The molecule has 0 radical (unpaired) electrons. The molecular weight excluding hydrogens is 301 g/mol. The first kappa shape index (κ1) is 13.2. The van der Waals surface area contributed by atoms with E-state index in [1.54, 1.807) is 0 Å². The Kier molecular flexibility index (Phi) is 5.53. The van der Waals surface area contributed by atoms with Crippen LogP contribution in [0, 0.1) is 0 Å². The Morgan fingerprint density at radius 3 is 1.94 bits per heavy atom. The fourth-order valence-electron chi connectivity index (χ4n) is 2.07. The molecule has 16 heavy (non-hydrogen) atoms. The van der Waals surface area contributed by atoms with E-state index in [2.05, 4.69) is 36.9 Å². The number of hydrogen-bond donors (Lipinski definition) is 0. The van der Waals surface area contributed by atoms with Gasteiger partial charge < -0.3 is 0 Å². The van der Waals surface area contributed by atoms with E-state index >= 15 is 0 Å². The number of rotatable bonds is 7. The van der Waals surface area contributed by atoms with Crippen molar-refractivity contribution in [2.45, 2.75) is 13.3 Å². The molecule has 1 aromatic rings. The fraction of sp³-hybridized carbons (Fsp3) is 0.214. The Morgan fingerprint density at radius 1 is 1.00 bits per heavy atom. The molecule has 0 saturated carbocycles. The number of nitrogens with zero attached hydrogens (tertiary/aromatic N) is 1. The van der Waals surface area contributed by atoms with Gasteiger partial charge in [0.1, 0.15) is 0 Å². The molecule has 0 aliphatic carbocycles. The first-order chi connectivity index (χ1) is 7.79. The Balaban J connectivity index is 3.13. The molecule has 84 valence electrons. The standard InChI is InChI=1S/C5H4N.3C3H5.Sn/c1-2-4-6-5-3-1;3*1-3-2;/h1-4H;3*3H,1-2H2;. The van der Waals surface area contributed by atoms with Gasteiger partial charge >= 0.3 is 103 Å². The van der Waals surface area contributed by atoms with Gasteiger partial charge in [-0.3, -0.25) is 0 Å². The quantitative estimate of drug-likeness (QED) is 0.555. The second-order valence-electron chi connectivity index (χ2n) is 3.97. The summed E-state index contributed by atoms with van der Waals surface area (Å²) in [6.45, 7) is 11.7. The molecule has 0 N–H and O–H groups in total. The Bertz CT molecular complexity index is 330. The first-order valence-corrected chi connectivity index (χ1v) is 13.0. The summed E-state index contributed by atoms with van der Waals surface area (Å²) in [6.07, 6.45) is 8.00. The summed E-state index contributed by atoms with van der Waals surface area (Å²) in [6, 6.07) is 6.20. The molecule has 1 aromatic heterocycles. The monoisotopic (exact) mass is 321 g/mol. The van der Waals surface area contributed by atoms with Crippen molar-refractivity contribution in [3.8, 4) is 0 Å². The van der Waals surface area contributed by atoms with Crippen LogP contribution >= 0.6 is 0 Å².